The van der Waals surface area contributed by atoms with Crippen LogP contribution in [0.4, 0.5) is 0 Å². The number of amides is 1. The molecule has 1 aromatic rings. The maximum absolute atomic E-state index is 13.1. The van der Waals surface area contributed by atoms with E-state index in [1.54, 1.807) is 12.1 Å². The van der Waals surface area contributed by atoms with Gasteiger partial charge in [-0.1, -0.05) is 23.7 Å². The Morgan fingerprint density at radius 2 is 1.57 bits per heavy atom. The molecule has 6 rings (SSSR count). The summed E-state index contributed by atoms with van der Waals surface area (Å²) >= 11 is 5.93. The molecule has 1 heterocycles. The van der Waals surface area contributed by atoms with E-state index in [0.29, 0.717) is 36.5 Å². The van der Waals surface area contributed by atoms with Crippen LogP contribution in [0.3, 0.4) is 0 Å². The van der Waals surface area contributed by atoms with Gasteiger partial charge in [0.2, 0.25) is 5.91 Å². The minimum atomic E-state index is -3.66. The van der Waals surface area contributed by atoms with Crippen molar-refractivity contribution in [3.63, 3.8) is 0 Å². The van der Waals surface area contributed by atoms with Gasteiger partial charge in [0.1, 0.15) is 0 Å². The Labute approximate surface area is 184 Å². The molecule has 1 amide bonds. The Morgan fingerprint density at radius 1 is 0.967 bits per heavy atom. The predicted molar refractivity (Wildman–Crippen MR) is 116 cm³/mol. The number of nitrogens with one attached hydrogen (secondary N) is 1. The third kappa shape index (κ3) is 4.01. The summed E-state index contributed by atoms with van der Waals surface area (Å²) < 4.78 is 29.0. The maximum Gasteiger partial charge on any atom is 0.282 e. The highest BCUT2D eigenvalue weighted by Crippen LogP contribution is 2.53. The highest BCUT2D eigenvalue weighted by atomic mass is 35.5. The minimum Gasteiger partial charge on any atom is -0.352 e. The van der Waals surface area contributed by atoms with E-state index in [9.17, 15) is 13.2 Å². The summed E-state index contributed by atoms with van der Waals surface area (Å²) in [5, 5.41) is 3.87. The summed E-state index contributed by atoms with van der Waals surface area (Å²) in [5.74, 6) is 2.73. The van der Waals surface area contributed by atoms with Crippen LogP contribution in [0.2, 0.25) is 5.02 Å². The molecular weight excluding hydrogens is 422 g/mol. The molecule has 0 unspecified atom stereocenters. The van der Waals surface area contributed by atoms with Crippen LogP contribution in [-0.4, -0.2) is 48.6 Å². The van der Waals surface area contributed by atoms with Gasteiger partial charge in [0.15, 0.2) is 0 Å². The van der Waals surface area contributed by atoms with Crippen LogP contribution in [0.25, 0.3) is 0 Å². The molecule has 0 atom stereocenters. The van der Waals surface area contributed by atoms with Gasteiger partial charge in [-0.25, -0.2) is 0 Å². The van der Waals surface area contributed by atoms with Gasteiger partial charge in [-0.3, -0.25) is 4.79 Å². The highest BCUT2D eigenvalue weighted by molar-refractivity contribution is 7.86. The topological polar surface area (TPSA) is 69.7 Å². The van der Waals surface area contributed by atoms with Crippen LogP contribution >= 0.6 is 11.6 Å². The predicted octanol–water partition coefficient (Wildman–Crippen LogP) is 3.03. The van der Waals surface area contributed by atoms with E-state index in [1.165, 1.54) is 40.7 Å². The molecule has 1 aliphatic heterocycles. The molecule has 4 aliphatic carbocycles. The van der Waals surface area contributed by atoms with Crippen molar-refractivity contribution in [3.8, 4) is 0 Å². The van der Waals surface area contributed by atoms with E-state index >= 15 is 0 Å². The molecule has 30 heavy (non-hydrogen) atoms. The third-order valence-electron chi connectivity index (χ3n) is 7.61. The molecule has 5 aliphatic rings. The van der Waals surface area contributed by atoms with Crippen LogP contribution in [0.1, 0.15) is 44.1 Å². The number of carbonyl (C=O) groups excluding carboxylic acids is 1. The van der Waals surface area contributed by atoms with Crippen LogP contribution in [0, 0.1) is 23.7 Å². The van der Waals surface area contributed by atoms with Crippen molar-refractivity contribution >= 4 is 27.7 Å². The van der Waals surface area contributed by atoms with E-state index in [1.807, 2.05) is 12.1 Å². The van der Waals surface area contributed by atoms with Crippen molar-refractivity contribution < 1.29 is 13.2 Å². The molecule has 1 N–H and O–H groups in total. The van der Waals surface area contributed by atoms with Crippen LogP contribution < -0.4 is 5.32 Å². The summed E-state index contributed by atoms with van der Waals surface area (Å²) in [4.78, 5) is 12.8. The summed E-state index contributed by atoms with van der Waals surface area (Å²) in [5.41, 5.74) is 0.892. The third-order valence-corrected chi connectivity index (χ3v) is 9.79. The number of benzene rings is 1. The van der Waals surface area contributed by atoms with Crippen LogP contribution in [0.15, 0.2) is 24.3 Å². The molecule has 8 heteroatoms. The van der Waals surface area contributed by atoms with Gasteiger partial charge in [-0.15, -0.1) is 0 Å². The van der Waals surface area contributed by atoms with Crippen molar-refractivity contribution in [3.05, 3.63) is 34.9 Å². The number of halogens is 1. The monoisotopic (exact) mass is 451 g/mol. The molecule has 4 bridgehead atoms. The lowest BCUT2D eigenvalue weighted by atomic mass is 9.54. The first-order valence-corrected chi connectivity index (χ1v) is 12.9. The lowest BCUT2D eigenvalue weighted by molar-refractivity contribution is -0.125. The second-order valence-corrected chi connectivity index (χ2v) is 12.0. The zero-order chi connectivity index (χ0) is 20.9. The van der Waals surface area contributed by atoms with Crippen molar-refractivity contribution in [2.45, 2.75) is 51.1 Å². The molecule has 1 saturated heterocycles. The molecule has 0 radical (unpaired) electrons. The Balaban J connectivity index is 1.22. The summed E-state index contributed by atoms with van der Waals surface area (Å²) in [6, 6.07) is 7.46. The Bertz CT molecular complexity index is 877. The summed E-state index contributed by atoms with van der Waals surface area (Å²) in [6.07, 6.45) is 7.02. The molecule has 5 fully saturated rings. The fraction of sp³-hybridized carbons (Fsp3) is 0.682. The maximum atomic E-state index is 13.1. The average molecular weight is 452 g/mol. The van der Waals surface area contributed by atoms with Gasteiger partial charge in [0.25, 0.3) is 10.2 Å². The number of rotatable bonds is 5. The first-order valence-electron chi connectivity index (χ1n) is 11.2. The Kier molecular flexibility index (Phi) is 5.58. The summed E-state index contributed by atoms with van der Waals surface area (Å²) in [6.45, 7) is 1.09. The average Bonchev–Trinajstić information content (AvgIpc) is 2.69. The Hall–Kier alpha value is -1.15. The second kappa shape index (κ2) is 8.08. The second-order valence-electron chi connectivity index (χ2n) is 9.68. The molecule has 6 nitrogen and oxygen atoms in total. The van der Waals surface area contributed by atoms with Gasteiger partial charge < -0.3 is 5.32 Å². The number of hydrogen-bond donors (Lipinski definition) is 1. The van der Waals surface area contributed by atoms with Crippen molar-refractivity contribution in [1.82, 2.24) is 13.9 Å². The number of hydrogen-bond acceptors (Lipinski definition) is 3. The van der Waals surface area contributed by atoms with Crippen LogP contribution in [0.5, 0.6) is 0 Å². The summed E-state index contributed by atoms with van der Waals surface area (Å²) in [7, 11) is -3.66. The van der Waals surface area contributed by atoms with E-state index in [4.69, 9.17) is 11.6 Å². The van der Waals surface area contributed by atoms with E-state index in [2.05, 4.69) is 5.32 Å². The molecule has 164 valence electrons. The molecular formula is C22H30ClN3O3S. The van der Waals surface area contributed by atoms with Gasteiger partial charge >= 0.3 is 0 Å². The highest BCUT2D eigenvalue weighted by Gasteiger charge is 2.48. The van der Waals surface area contributed by atoms with E-state index in [-0.39, 0.29) is 18.5 Å². The first-order chi connectivity index (χ1) is 14.4. The SMILES string of the molecule is O=C(CN1CCCN(Cc2ccc(Cl)cc2)S1(=O)=O)NC1C2CC3CC(C2)CC1C3. The van der Waals surface area contributed by atoms with Crippen molar-refractivity contribution in [1.29, 1.82) is 0 Å². The van der Waals surface area contributed by atoms with Crippen molar-refractivity contribution in [2.24, 2.45) is 23.7 Å². The fourth-order valence-electron chi connectivity index (χ4n) is 6.48. The zero-order valence-electron chi connectivity index (χ0n) is 17.2. The molecule has 0 aromatic heterocycles. The van der Waals surface area contributed by atoms with Gasteiger partial charge in [-0.05, 0) is 79.9 Å². The smallest absolute Gasteiger partial charge is 0.282 e. The van der Waals surface area contributed by atoms with Crippen molar-refractivity contribution in [2.75, 3.05) is 19.6 Å². The molecule has 0 spiro atoms. The minimum absolute atomic E-state index is 0.0811. The Morgan fingerprint density at radius 3 is 2.20 bits per heavy atom. The largest absolute Gasteiger partial charge is 0.352 e. The zero-order valence-corrected chi connectivity index (χ0v) is 18.7. The van der Waals surface area contributed by atoms with Gasteiger partial charge in [0, 0.05) is 30.7 Å². The van der Waals surface area contributed by atoms with Gasteiger partial charge in [-0.2, -0.15) is 17.0 Å². The van der Waals surface area contributed by atoms with E-state index < -0.39 is 10.2 Å². The molecule has 4 saturated carbocycles. The standard InChI is InChI=1S/C22H30ClN3O3S/c23-20-4-2-15(3-5-20)13-25-6-1-7-26(30(25,28)29)14-21(27)24-22-18-9-16-8-17(11-18)12-19(22)10-16/h2-5,16-19,22H,1,6-14H2,(H,24,27). The lowest BCUT2D eigenvalue weighted by Crippen LogP contribution is -2.58. The molecule has 1 aromatic carbocycles. The van der Waals surface area contributed by atoms with Gasteiger partial charge in [0.05, 0.1) is 6.54 Å². The number of nitrogens with zero attached hydrogens (tertiary/aromatic N) is 2. The van der Waals surface area contributed by atoms with Crippen LogP contribution in [-0.2, 0) is 21.5 Å². The van der Waals surface area contributed by atoms with E-state index in [0.717, 1.165) is 23.8 Å². The lowest BCUT2D eigenvalue weighted by Gasteiger charge is -2.54. The normalized spacial score (nSPS) is 35.4. The fourth-order valence-corrected chi connectivity index (χ4v) is 8.25. The quantitative estimate of drug-likeness (QED) is 0.748. The number of carbonyl (C=O) groups is 1. The first kappa shape index (κ1) is 20.7.